The Labute approximate surface area is 197 Å². The van der Waals surface area contributed by atoms with Crippen molar-refractivity contribution in [1.29, 1.82) is 0 Å². The molecule has 0 spiro atoms. The van der Waals surface area contributed by atoms with Gasteiger partial charge in [0, 0.05) is 25.2 Å². The summed E-state index contributed by atoms with van der Waals surface area (Å²) in [6.45, 7) is 8.88. The van der Waals surface area contributed by atoms with E-state index in [1.165, 1.54) is 4.90 Å². The van der Waals surface area contributed by atoms with Crippen molar-refractivity contribution in [2.75, 3.05) is 19.0 Å². The summed E-state index contributed by atoms with van der Waals surface area (Å²) in [5.41, 5.74) is 2.89. The summed E-state index contributed by atoms with van der Waals surface area (Å²) in [5.74, 6) is -0.325. The van der Waals surface area contributed by atoms with E-state index in [4.69, 9.17) is 16.7 Å². The van der Waals surface area contributed by atoms with Crippen LogP contribution in [0.25, 0.3) is 0 Å². The van der Waals surface area contributed by atoms with Gasteiger partial charge in [0.15, 0.2) is 0 Å². The monoisotopic (exact) mass is 466 g/mol. The number of nitrogens with one attached hydrogen (secondary N) is 1. The van der Waals surface area contributed by atoms with Crippen molar-refractivity contribution in [2.24, 2.45) is 11.3 Å². The standard InChI is InChI=1S/C25H39ClN2O4/c1-18(7-8-19(16-26)9-13-24(2,3)4)25-12-5-6-20(11-15-29)21(25)17-28(23(32)27-25)14-10-22(30)31/h7-8,17,20,29H,5-6,9-16H2,1-4H3,(H,27,32)(H,30,31)/b18-7+,19-8-. The van der Waals surface area contributed by atoms with Crippen LogP contribution in [-0.4, -0.2) is 51.7 Å². The fraction of sp³-hybridized carbons (Fsp3) is 0.680. The van der Waals surface area contributed by atoms with E-state index in [2.05, 4.69) is 38.2 Å². The number of rotatable bonds is 10. The van der Waals surface area contributed by atoms with Gasteiger partial charge in [-0.3, -0.25) is 4.79 Å². The van der Waals surface area contributed by atoms with Crippen molar-refractivity contribution in [3.05, 3.63) is 35.1 Å². The molecule has 0 aromatic carbocycles. The van der Waals surface area contributed by atoms with Gasteiger partial charge in [-0.05, 0) is 67.9 Å². The van der Waals surface area contributed by atoms with Crippen LogP contribution in [0.5, 0.6) is 0 Å². The number of carboxylic acid groups (broad SMARTS) is 1. The van der Waals surface area contributed by atoms with Crippen LogP contribution < -0.4 is 5.32 Å². The molecule has 0 bridgehead atoms. The fourth-order valence-corrected chi connectivity index (χ4v) is 4.79. The minimum Gasteiger partial charge on any atom is -0.481 e. The second-order valence-corrected chi connectivity index (χ2v) is 10.5. The zero-order valence-corrected chi connectivity index (χ0v) is 20.7. The first-order valence-corrected chi connectivity index (χ1v) is 12.1. The summed E-state index contributed by atoms with van der Waals surface area (Å²) >= 11 is 6.21. The number of alkyl halides is 1. The van der Waals surface area contributed by atoms with Gasteiger partial charge in [-0.1, -0.05) is 38.5 Å². The lowest BCUT2D eigenvalue weighted by Gasteiger charge is -2.49. The maximum absolute atomic E-state index is 12.9. The highest BCUT2D eigenvalue weighted by Crippen LogP contribution is 2.45. The molecule has 3 N–H and O–H groups in total. The topological polar surface area (TPSA) is 89.9 Å². The van der Waals surface area contributed by atoms with Crippen LogP contribution in [0, 0.1) is 11.3 Å². The molecule has 2 rings (SSSR count). The third-order valence-electron chi connectivity index (χ3n) is 6.57. The lowest BCUT2D eigenvalue weighted by Crippen LogP contribution is -2.60. The Hall–Kier alpha value is -1.79. The van der Waals surface area contributed by atoms with Gasteiger partial charge in [0.05, 0.1) is 12.0 Å². The number of nitrogens with zero attached hydrogens (tertiary/aromatic N) is 1. The Morgan fingerprint density at radius 3 is 2.66 bits per heavy atom. The van der Waals surface area contributed by atoms with Crippen molar-refractivity contribution >= 4 is 23.6 Å². The Morgan fingerprint density at radius 2 is 2.06 bits per heavy atom. The van der Waals surface area contributed by atoms with E-state index in [0.717, 1.165) is 48.8 Å². The number of aliphatic hydroxyl groups excluding tert-OH is 1. The first-order chi connectivity index (χ1) is 15.0. The first-order valence-electron chi connectivity index (χ1n) is 11.6. The number of allylic oxidation sites excluding steroid dienone is 3. The van der Waals surface area contributed by atoms with Gasteiger partial charge >= 0.3 is 12.0 Å². The number of amides is 2. The predicted molar refractivity (Wildman–Crippen MR) is 129 cm³/mol. The Balaban J connectivity index is 2.39. The highest BCUT2D eigenvalue weighted by Gasteiger charge is 2.46. The molecule has 1 fully saturated rings. The van der Waals surface area contributed by atoms with E-state index in [1.807, 2.05) is 13.1 Å². The molecule has 2 aliphatic rings. The van der Waals surface area contributed by atoms with Crippen LogP contribution in [0.3, 0.4) is 0 Å². The van der Waals surface area contributed by atoms with Crippen LogP contribution >= 0.6 is 11.6 Å². The Bertz CT molecular complexity index is 779. The van der Waals surface area contributed by atoms with E-state index in [1.54, 1.807) is 0 Å². The molecule has 2 unspecified atom stereocenters. The average molecular weight is 467 g/mol. The van der Waals surface area contributed by atoms with E-state index in [9.17, 15) is 14.7 Å². The number of carbonyl (C=O) groups is 2. The molecule has 6 nitrogen and oxygen atoms in total. The molecule has 2 amide bonds. The number of aliphatic hydroxyl groups is 1. The summed E-state index contributed by atoms with van der Waals surface area (Å²) in [6, 6.07) is -0.276. The second kappa shape index (κ2) is 11.4. The van der Waals surface area contributed by atoms with Crippen LogP contribution in [-0.2, 0) is 4.79 Å². The second-order valence-electron chi connectivity index (χ2n) is 10.2. The van der Waals surface area contributed by atoms with Crippen LogP contribution in [0.15, 0.2) is 35.1 Å². The molecule has 180 valence electrons. The minimum atomic E-state index is -0.936. The average Bonchev–Trinajstić information content (AvgIpc) is 2.71. The van der Waals surface area contributed by atoms with Gasteiger partial charge in [0.25, 0.3) is 0 Å². The van der Waals surface area contributed by atoms with Crippen molar-refractivity contribution < 1.29 is 19.8 Å². The molecule has 1 saturated carbocycles. The first kappa shape index (κ1) is 26.5. The van der Waals surface area contributed by atoms with Gasteiger partial charge in [-0.15, -0.1) is 11.6 Å². The lowest BCUT2D eigenvalue weighted by atomic mass is 9.66. The number of aliphatic carboxylic acids is 1. The Kier molecular flexibility index (Phi) is 9.40. The molecule has 0 radical (unpaired) electrons. The molecule has 32 heavy (non-hydrogen) atoms. The summed E-state index contributed by atoms with van der Waals surface area (Å²) < 4.78 is 0. The van der Waals surface area contributed by atoms with Crippen LogP contribution in [0.2, 0.25) is 0 Å². The van der Waals surface area contributed by atoms with Crippen LogP contribution in [0.4, 0.5) is 4.79 Å². The highest BCUT2D eigenvalue weighted by atomic mass is 35.5. The number of hydrogen-bond donors (Lipinski definition) is 3. The normalized spacial score (nSPS) is 24.7. The van der Waals surface area contributed by atoms with Crippen molar-refractivity contribution in [3.63, 3.8) is 0 Å². The van der Waals surface area contributed by atoms with Gasteiger partial charge < -0.3 is 20.4 Å². The zero-order chi connectivity index (χ0) is 23.9. The van der Waals surface area contributed by atoms with Gasteiger partial charge in [-0.2, -0.15) is 0 Å². The quantitative estimate of drug-likeness (QED) is 0.303. The van der Waals surface area contributed by atoms with Gasteiger partial charge in [-0.25, -0.2) is 4.79 Å². The number of carboxylic acids is 1. The largest absolute Gasteiger partial charge is 0.481 e. The number of fused-ring (bicyclic) bond motifs is 1. The van der Waals surface area contributed by atoms with E-state index >= 15 is 0 Å². The summed E-state index contributed by atoms with van der Waals surface area (Å²) in [6.07, 6.45) is 11.1. The van der Waals surface area contributed by atoms with E-state index < -0.39 is 11.5 Å². The molecular formula is C25H39ClN2O4. The number of hydrogen-bond acceptors (Lipinski definition) is 3. The lowest BCUT2D eigenvalue weighted by molar-refractivity contribution is -0.137. The predicted octanol–water partition coefficient (Wildman–Crippen LogP) is 5.23. The van der Waals surface area contributed by atoms with Gasteiger partial charge in [0.1, 0.15) is 0 Å². The molecule has 1 aliphatic carbocycles. The Morgan fingerprint density at radius 1 is 1.34 bits per heavy atom. The summed E-state index contributed by atoms with van der Waals surface area (Å²) in [7, 11) is 0. The van der Waals surface area contributed by atoms with Crippen molar-refractivity contribution in [2.45, 2.75) is 78.2 Å². The third-order valence-corrected chi connectivity index (χ3v) is 6.91. The molecule has 0 saturated heterocycles. The summed E-state index contributed by atoms with van der Waals surface area (Å²) in [4.78, 5) is 25.4. The van der Waals surface area contributed by atoms with Gasteiger partial charge in [0.2, 0.25) is 0 Å². The smallest absolute Gasteiger partial charge is 0.322 e. The SMILES string of the molecule is C/C(=C\C=C(/CCl)CCC(C)(C)C)C12CCCC(CCO)C1=CN(CCC(=O)O)C(=O)N2. The van der Waals surface area contributed by atoms with Crippen molar-refractivity contribution in [1.82, 2.24) is 10.2 Å². The maximum atomic E-state index is 12.9. The molecule has 0 aromatic heterocycles. The highest BCUT2D eigenvalue weighted by molar-refractivity contribution is 6.19. The summed E-state index contributed by atoms with van der Waals surface area (Å²) in [5, 5.41) is 21.9. The molecule has 0 aromatic rings. The fourth-order valence-electron chi connectivity index (χ4n) is 4.57. The number of urea groups is 1. The zero-order valence-electron chi connectivity index (χ0n) is 19.9. The molecule has 7 heteroatoms. The van der Waals surface area contributed by atoms with E-state index in [0.29, 0.717) is 12.3 Å². The van der Waals surface area contributed by atoms with E-state index in [-0.39, 0.29) is 36.9 Å². The van der Waals surface area contributed by atoms with Crippen LogP contribution in [0.1, 0.15) is 72.6 Å². The molecule has 1 heterocycles. The maximum Gasteiger partial charge on any atom is 0.322 e. The van der Waals surface area contributed by atoms with Crippen molar-refractivity contribution in [3.8, 4) is 0 Å². The molecule has 2 atom stereocenters. The molecular weight excluding hydrogens is 428 g/mol. The number of carbonyl (C=O) groups excluding carboxylic acids is 1. The molecule has 1 aliphatic heterocycles. The third kappa shape index (κ3) is 6.85. The number of halogens is 1. The minimum absolute atomic E-state index is 0.0764.